The molecule has 3 amide bonds. The lowest BCUT2D eigenvalue weighted by atomic mass is 9.95. The number of nitrogens with one attached hydrogen (secondary N) is 3. The van der Waals surface area contributed by atoms with E-state index in [2.05, 4.69) is 15.4 Å². The lowest BCUT2D eigenvalue weighted by Gasteiger charge is -2.15. The standard InChI is InChI=1S/C38H65N3O13S/c1-29(42)22-24-32(38(51)52)40-34(45)25-23-30(37(49)50)28-31(43)18-16-26-39-33(44)20-17-27-55(53,54)41-35(46)19-14-12-10-8-6-4-2-3-5-7-9-11-13-15-21-36(47)48/h30,32H,2-28H2,1H3,(H,39,44)(H,40,45)(H,41,46)(H,47,48)(H,49,50)(H,51,52)/t30-,32+/m1/s1. The van der Waals surface area contributed by atoms with E-state index in [0.717, 1.165) is 51.4 Å². The molecule has 0 spiro atoms. The van der Waals surface area contributed by atoms with Crippen molar-refractivity contribution in [3.05, 3.63) is 0 Å². The molecule has 0 bridgehead atoms. The zero-order chi connectivity index (χ0) is 41.5. The van der Waals surface area contributed by atoms with Gasteiger partial charge in [0.1, 0.15) is 17.6 Å². The fourth-order valence-electron chi connectivity index (χ4n) is 5.85. The second kappa shape index (κ2) is 31.3. The molecule has 0 aromatic rings. The molecule has 2 atom stereocenters. The van der Waals surface area contributed by atoms with Crippen LogP contribution in [-0.2, 0) is 48.4 Å². The van der Waals surface area contributed by atoms with E-state index in [-0.39, 0.29) is 83.0 Å². The molecule has 0 saturated heterocycles. The SMILES string of the molecule is CC(=O)CC[C@H](NC(=O)CC[C@H](CC(=O)CCCNC(=O)CCCS(=O)(=O)NC(=O)CCCCCCCCCCCCCCCCC(=O)O)C(=O)O)C(=O)O. The highest BCUT2D eigenvalue weighted by Gasteiger charge is 2.25. The summed E-state index contributed by atoms with van der Waals surface area (Å²) in [7, 11) is -3.89. The van der Waals surface area contributed by atoms with Crippen LogP contribution in [0.4, 0.5) is 0 Å². The molecule has 0 heterocycles. The average Bonchev–Trinajstić information content (AvgIpc) is 3.09. The van der Waals surface area contributed by atoms with E-state index < -0.39 is 69.1 Å². The van der Waals surface area contributed by atoms with Gasteiger partial charge in [-0.05, 0) is 45.4 Å². The van der Waals surface area contributed by atoms with Gasteiger partial charge in [0.25, 0.3) is 0 Å². The van der Waals surface area contributed by atoms with E-state index in [0.29, 0.717) is 6.42 Å². The van der Waals surface area contributed by atoms with Gasteiger partial charge in [-0.2, -0.15) is 0 Å². The molecular weight excluding hydrogens is 738 g/mol. The van der Waals surface area contributed by atoms with E-state index in [4.69, 9.17) is 5.11 Å². The Morgan fingerprint density at radius 1 is 0.527 bits per heavy atom. The summed E-state index contributed by atoms with van der Waals surface area (Å²) in [4.78, 5) is 93.3. The van der Waals surface area contributed by atoms with Crippen molar-refractivity contribution in [1.82, 2.24) is 15.4 Å². The first kappa shape index (κ1) is 51.1. The number of sulfonamides is 1. The average molecular weight is 804 g/mol. The fraction of sp³-hybridized carbons (Fsp3) is 0.789. The van der Waals surface area contributed by atoms with E-state index in [1.165, 1.54) is 39.0 Å². The first-order chi connectivity index (χ1) is 26.0. The van der Waals surface area contributed by atoms with Crippen LogP contribution in [-0.4, -0.2) is 89.3 Å². The lowest BCUT2D eigenvalue weighted by Crippen LogP contribution is -2.41. The van der Waals surface area contributed by atoms with Gasteiger partial charge in [-0.15, -0.1) is 0 Å². The van der Waals surface area contributed by atoms with Crippen molar-refractivity contribution in [2.24, 2.45) is 5.92 Å². The van der Waals surface area contributed by atoms with Crippen LogP contribution in [0.5, 0.6) is 0 Å². The van der Waals surface area contributed by atoms with Crippen molar-refractivity contribution in [2.45, 2.75) is 173 Å². The molecule has 0 aliphatic carbocycles. The zero-order valence-electron chi connectivity index (χ0n) is 32.6. The van der Waals surface area contributed by atoms with Crippen LogP contribution >= 0.6 is 0 Å². The van der Waals surface area contributed by atoms with Crippen molar-refractivity contribution in [3.8, 4) is 0 Å². The Kier molecular flexibility index (Phi) is 29.1. The minimum Gasteiger partial charge on any atom is -0.481 e. The maximum atomic E-state index is 12.3. The Bertz CT molecular complexity index is 1320. The Labute approximate surface area is 325 Å². The van der Waals surface area contributed by atoms with E-state index in [1.807, 2.05) is 0 Å². The highest BCUT2D eigenvalue weighted by molar-refractivity contribution is 7.90. The van der Waals surface area contributed by atoms with E-state index in [9.17, 15) is 57.0 Å². The number of amides is 3. The number of carbonyl (C=O) groups excluding carboxylic acids is 5. The first-order valence-corrected chi connectivity index (χ1v) is 21.5. The van der Waals surface area contributed by atoms with Gasteiger partial charge < -0.3 is 30.7 Å². The summed E-state index contributed by atoms with van der Waals surface area (Å²) in [5, 5.41) is 32.1. The third-order valence-electron chi connectivity index (χ3n) is 9.05. The van der Waals surface area contributed by atoms with Gasteiger partial charge in [-0.25, -0.2) is 13.2 Å². The van der Waals surface area contributed by atoms with Crippen molar-refractivity contribution < 1.29 is 62.1 Å². The van der Waals surface area contributed by atoms with Crippen LogP contribution in [0.25, 0.3) is 0 Å². The summed E-state index contributed by atoms with van der Waals surface area (Å²) >= 11 is 0. The van der Waals surface area contributed by atoms with Crippen LogP contribution in [0, 0.1) is 5.92 Å². The molecule has 0 saturated carbocycles. The van der Waals surface area contributed by atoms with Gasteiger partial charge in [0.05, 0.1) is 11.7 Å². The van der Waals surface area contributed by atoms with Crippen molar-refractivity contribution in [2.75, 3.05) is 12.3 Å². The van der Waals surface area contributed by atoms with Crippen LogP contribution in [0.2, 0.25) is 0 Å². The molecule has 0 aliphatic heterocycles. The minimum atomic E-state index is -3.89. The maximum Gasteiger partial charge on any atom is 0.326 e. The monoisotopic (exact) mass is 803 g/mol. The Balaban J connectivity index is 4.02. The second-order valence-electron chi connectivity index (χ2n) is 14.3. The Morgan fingerprint density at radius 3 is 1.53 bits per heavy atom. The molecule has 0 radical (unpaired) electrons. The molecule has 0 aromatic carbocycles. The smallest absolute Gasteiger partial charge is 0.326 e. The molecule has 0 fully saturated rings. The number of unbranched alkanes of at least 4 members (excludes halogenated alkanes) is 13. The number of carbonyl (C=O) groups is 8. The van der Waals surface area contributed by atoms with E-state index in [1.54, 1.807) is 0 Å². The van der Waals surface area contributed by atoms with E-state index >= 15 is 0 Å². The fourth-order valence-corrected chi connectivity index (χ4v) is 6.93. The number of aliphatic carboxylic acids is 3. The normalized spacial score (nSPS) is 12.3. The minimum absolute atomic E-state index is 0.0141. The molecule has 0 aromatic heterocycles. The van der Waals surface area contributed by atoms with Gasteiger partial charge in [0.2, 0.25) is 27.7 Å². The van der Waals surface area contributed by atoms with Gasteiger partial charge >= 0.3 is 17.9 Å². The summed E-state index contributed by atoms with van der Waals surface area (Å²) in [6, 6.07) is -1.29. The number of hydrogen-bond donors (Lipinski definition) is 6. The van der Waals surface area contributed by atoms with Gasteiger partial charge in [-0.3, -0.25) is 33.5 Å². The third kappa shape index (κ3) is 32.1. The largest absolute Gasteiger partial charge is 0.481 e. The van der Waals surface area contributed by atoms with Crippen LogP contribution in [0.15, 0.2) is 0 Å². The van der Waals surface area contributed by atoms with Gasteiger partial charge in [0, 0.05) is 51.5 Å². The molecule has 17 heteroatoms. The molecule has 0 aliphatic rings. The van der Waals surface area contributed by atoms with Gasteiger partial charge in [-0.1, -0.05) is 77.0 Å². The molecule has 0 unspecified atom stereocenters. The lowest BCUT2D eigenvalue weighted by molar-refractivity contribution is -0.145. The molecule has 316 valence electrons. The molecule has 55 heavy (non-hydrogen) atoms. The highest BCUT2D eigenvalue weighted by Crippen LogP contribution is 2.16. The van der Waals surface area contributed by atoms with Crippen molar-refractivity contribution in [3.63, 3.8) is 0 Å². The molecule has 0 rings (SSSR count). The molecular formula is C38H65N3O13S. The van der Waals surface area contributed by atoms with Gasteiger partial charge in [0.15, 0.2) is 0 Å². The summed E-state index contributed by atoms with van der Waals surface area (Å²) in [6.07, 6.45) is 13.9. The maximum absolute atomic E-state index is 12.3. The highest BCUT2D eigenvalue weighted by atomic mass is 32.2. The predicted octanol–water partition coefficient (Wildman–Crippen LogP) is 4.81. The predicted molar refractivity (Wildman–Crippen MR) is 204 cm³/mol. The number of Topliss-reactive ketones (excluding diaryl/α,β-unsaturated/α-hetero) is 2. The molecule has 6 N–H and O–H groups in total. The topological polar surface area (TPSA) is 267 Å². The van der Waals surface area contributed by atoms with Crippen LogP contribution in [0.1, 0.15) is 167 Å². The quantitative estimate of drug-likeness (QED) is 0.0461. The zero-order valence-corrected chi connectivity index (χ0v) is 33.4. The van der Waals surface area contributed by atoms with Crippen LogP contribution in [0.3, 0.4) is 0 Å². The van der Waals surface area contributed by atoms with Crippen LogP contribution < -0.4 is 15.4 Å². The number of rotatable bonds is 37. The second-order valence-corrected chi connectivity index (χ2v) is 16.1. The number of ketones is 2. The van der Waals surface area contributed by atoms with Crippen molar-refractivity contribution >= 4 is 57.2 Å². The molecule has 16 nitrogen and oxygen atoms in total. The number of carboxylic acid groups (broad SMARTS) is 3. The van der Waals surface area contributed by atoms with Crippen molar-refractivity contribution in [1.29, 1.82) is 0 Å². The Morgan fingerprint density at radius 2 is 1.04 bits per heavy atom. The third-order valence-corrected chi connectivity index (χ3v) is 10.4. The number of carboxylic acids is 3. The summed E-state index contributed by atoms with van der Waals surface area (Å²) in [6.45, 7) is 1.39. The summed E-state index contributed by atoms with van der Waals surface area (Å²) in [5.74, 6) is -7.26. The Hall–Kier alpha value is -3.89. The number of hydrogen-bond acceptors (Lipinski definition) is 10. The summed E-state index contributed by atoms with van der Waals surface area (Å²) < 4.78 is 26.6. The first-order valence-electron chi connectivity index (χ1n) is 19.8. The summed E-state index contributed by atoms with van der Waals surface area (Å²) in [5.41, 5.74) is 0.